The van der Waals surface area contributed by atoms with E-state index in [4.69, 9.17) is 9.57 Å². The van der Waals surface area contributed by atoms with Crippen LogP contribution in [0.3, 0.4) is 0 Å². The molecular weight excluding hydrogens is 250 g/mol. The van der Waals surface area contributed by atoms with Gasteiger partial charge in [-0.15, -0.1) is 0 Å². The van der Waals surface area contributed by atoms with Gasteiger partial charge in [0.05, 0.1) is 18.3 Å². The first-order valence-corrected chi connectivity index (χ1v) is 7.96. The molecular formula is C17H33NO2. The maximum atomic E-state index is 6.68. The Morgan fingerprint density at radius 1 is 0.900 bits per heavy atom. The molecule has 2 aliphatic heterocycles. The fraction of sp³-hybridized carbons (Fsp3) is 1.00. The number of hydrogen-bond acceptors (Lipinski definition) is 3. The van der Waals surface area contributed by atoms with E-state index in [0.717, 1.165) is 12.8 Å². The average molecular weight is 283 g/mol. The second-order valence-corrected chi connectivity index (χ2v) is 8.54. The molecule has 0 amide bonds. The fourth-order valence-electron chi connectivity index (χ4n) is 4.86. The first-order chi connectivity index (χ1) is 8.92. The lowest BCUT2D eigenvalue weighted by Gasteiger charge is -2.64. The van der Waals surface area contributed by atoms with Crippen LogP contribution in [0.4, 0.5) is 0 Å². The molecule has 2 aliphatic rings. The van der Waals surface area contributed by atoms with E-state index in [2.05, 4.69) is 60.5 Å². The summed E-state index contributed by atoms with van der Waals surface area (Å²) in [5, 5.41) is 2.19. The smallest absolute Gasteiger partial charge is 0.0778 e. The van der Waals surface area contributed by atoms with E-state index >= 15 is 0 Å². The van der Waals surface area contributed by atoms with Crippen LogP contribution in [0.25, 0.3) is 0 Å². The van der Waals surface area contributed by atoms with Crippen LogP contribution < -0.4 is 0 Å². The molecule has 0 aromatic rings. The summed E-state index contributed by atoms with van der Waals surface area (Å²) >= 11 is 0. The molecule has 1 spiro atoms. The van der Waals surface area contributed by atoms with Crippen LogP contribution in [0.5, 0.6) is 0 Å². The zero-order chi connectivity index (χ0) is 15.6. The van der Waals surface area contributed by atoms with E-state index in [9.17, 15) is 0 Å². The summed E-state index contributed by atoms with van der Waals surface area (Å²) < 4.78 is 6.68. The van der Waals surface area contributed by atoms with Crippen LogP contribution in [-0.4, -0.2) is 34.5 Å². The van der Waals surface area contributed by atoms with Crippen molar-refractivity contribution < 1.29 is 9.57 Å². The molecule has 2 unspecified atom stereocenters. The molecule has 2 saturated heterocycles. The lowest BCUT2D eigenvalue weighted by atomic mass is 9.59. The zero-order valence-electron chi connectivity index (χ0n) is 14.8. The van der Waals surface area contributed by atoms with E-state index < -0.39 is 0 Å². The molecule has 20 heavy (non-hydrogen) atoms. The highest BCUT2D eigenvalue weighted by molar-refractivity contribution is 5.15. The molecule has 0 aromatic heterocycles. The monoisotopic (exact) mass is 283 g/mol. The topological polar surface area (TPSA) is 21.7 Å². The molecule has 2 rings (SSSR count). The van der Waals surface area contributed by atoms with Gasteiger partial charge in [0.2, 0.25) is 0 Å². The van der Waals surface area contributed by atoms with E-state index in [-0.39, 0.29) is 22.3 Å². The van der Waals surface area contributed by atoms with Crippen molar-refractivity contribution in [2.75, 3.05) is 7.11 Å². The zero-order valence-corrected chi connectivity index (χ0v) is 14.8. The highest BCUT2D eigenvalue weighted by Crippen LogP contribution is 2.58. The van der Waals surface area contributed by atoms with Gasteiger partial charge in [-0.05, 0) is 54.4 Å². The molecule has 3 nitrogen and oxygen atoms in total. The number of hydrogen-bond donors (Lipinski definition) is 0. The van der Waals surface area contributed by atoms with Crippen molar-refractivity contribution in [3.05, 3.63) is 0 Å². The van der Waals surface area contributed by atoms with Crippen LogP contribution in [0.1, 0.15) is 68.2 Å². The third-order valence-electron chi connectivity index (χ3n) is 6.40. The van der Waals surface area contributed by atoms with Crippen LogP contribution >= 0.6 is 0 Å². The largest absolute Gasteiger partial charge is 0.368 e. The van der Waals surface area contributed by atoms with Crippen molar-refractivity contribution in [3.8, 4) is 0 Å². The summed E-state index contributed by atoms with van der Waals surface area (Å²) in [4.78, 5) is 5.79. The molecule has 2 fully saturated rings. The number of hydroxylamine groups is 2. The Bertz CT molecular complexity index is 364. The summed E-state index contributed by atoms with van der Waals surface area (Å²) in [6, 6.07) is 0. The lowest BCUT2D eigenvalue weighted by molar-refractivity contribution is -0.339. The van der Waals surface area contributed by atoms with Crippen molar-refractivity contribution in [2.45, 2.75) is 90.5 Å². The molecule has 0 aliphatic carbocycles. The Labute approximate surface area is 125 Å². The van der Waals surface area contributed by atoms with Gasteiger partial charge in [0.1, 0.15) is 0 Å². The summed E-state index contributed by atoms with van der Waals surface area (Å²) in [6.07, 6.45) is 2.29. The van der Waals surface area contributed by atoms with E-state index in [1.165, 1.54) is 0 Å². The van der Waals surface area contributed by atoms with E-state index in [0.29, 0.717) is 11.8 Å². The third kappa shape index (κ3) is 1.97. The summed E-state index contributed by atoms with van der Waals surface area (Å²) in [5.41, 5.74) is -0.161. The highest BCUT2D eigenvalue weighted by atomic mass is 16.7. The van der Waals surface area contributed by atoms with Crippen molar-refractivity contribution in [2.24, 2.45) is 11.8 Å². The van der Waals surface area contributed by atoms with Crippen LogP contribution in [0.15, 0.2) is 0 Å². The number of nitrogens with zero attached hydrogens (tertiary/aromatic N) is 1. The summed E-state index contributed by atoms with van der Waals surface area (Å²) in [6.45, 7) is 18.2. The van der Waals surface area contributed by atoms with Gasteiger partial charge in [0.15, 0.2) is 0 Å². The standard InChI is InChI=1S/C17H33NO2/c1-12-15(5,6)18(19-9)16(7,8)13(2)17(12)11-10-14(3,4)20-17/h12-13H,10-11H2,1-9H3. The maximum Gasteiger partial charge on any atom is 0.0778 e. The van der Waals surface area contributed by atoms with Crippen LogP contribution in [-0.2, 0) is 9.57 Å². The van der Waals surface area contributed by atoms with Crippen molar-refractivity contribution in [1.82, 2.24) is 5.06 Å². The predicted octanol–water partition coefficient (Wildman–Crippen LogP) is 4.02. The second-order valence-electron chi connectivity index (χ2n) is 8.54. The van der Waals surface area contributed by atoms with Gasteiger partial charge in [0, 0.05) is 22.9 Å². The van der Waals surface area contributed by atoms with Gasteiger partial charge < -0.3 is 9.57 Å². The van der Waals surface area contributed by atoms with Gasteiger partial charge in [-0.3, -0.25) is 0 Å². The van der Waals surface area contributed by atoms with Crippen molar-refractivity contribution in [3.63, 3.8) is 0 Å². The number of ether oxygens (including phenoxy) is 1. The number of rotatable bonds is 1. The predicted molar refractivity (Wildman–Crippen MR) is 82.5 cm³/mol. The average Bonchev–Trinajstić information content (AvgIpc) is 2.63. The summed E-state index contributed by atoms with van der Waals surface area (Å²) in [5.74, 6) is 0.833. The normalized spacial score (nSPS) is 43.0. The minimum absolute atomic E-state index is 0.01000. The fourth-order valence-corrected chi connectivity index (χ4v) is 4.86. The molecule has 0 N–H and O–H groups in total. The SMILES string of the molecule is CON1C(C)(C)C(C)C2(CCC(C)(C)O2)C(C)C1(C)C. The first-order valence-electron chi connectivity index (χ1n) is 7.96. The Morgan fingerprint density at radius 3 is 1.65 bits per heavy atom. The molecule has 0 radical (unpaired) electrons. The maximum absolute atomic E-state index is 6.68. The van der Waals surface area contributed by atoms with Gasteiger partial charge in [-0.2, -0.15) is 5.06 Å². The molecule has 3 heteroatoms. The minimum Gasteiger partial charge on any atom is -0.368 e. The molecule has 2 atom stereocenters. The Morgan fingerprint density at radius 2 is 1.35 bits per heavy atom. The molecule has 118 valence electrons. The Kier molecular flexibility index (Phi) is 3.61. The van der Waals surface area contributed by atoms with E-state index in [1.54, 1.807) is 7.11 Å². The second kappa shape index (κ2) is 4.44. The molecule has 0 bridgehead atoms. The highest BCUT2D eigenvalue weighted by Gasteiger charge is 2.65. The Balaban J connectivity index is 2.50. The summed E-state index contributed by atoms with van der Waals surface area (Å²) in [7, 11) is 1.79. The third-order valence-corrected chi connectivity index (χ3v) is 6.40. The molecule has 2 heterocycles. The first kappa shape index (κ1) is 16.3. The quantitative estimate of drug-likeness (QED) is 0.725. The van der Waals surface area contributed by atoms with Gasteiger partial charge in [0.25, 0.3) is 0 Å². The van der Waals surface area contributed by atoms with Crippen molar-refractivity contribution >= 4 is 0 Å². The lowest BCUT2D eigenvalue weighted by Crippen LogP contribution is -2.73. The van der Waals surface area contributed by atoms with Crippen molar-refractivity contribution in [1.29, 1.82) is 0 Å². The van der Waals surface area contributed by atoms with Crippen LogP contribution in [0.2, 0.25) is 0 Å². The van der Waals surface area contributed by atoms with Gasteiger partial charge in [-0.25, -0.2) is 0 Å². The van der Waals surface area contributed by atoms with Gasteiger partial charge >= 0.3 is 0 Å². The van der Waals surface area contributed by atoms with E-state index in [1.807, 2.05) is 0 Å². The number of piperidine rings is 1. The van der Waals surface area contributed by atoms with Gasteiger partial charge in [-0.1, -0.05) is 13.8 Å². The molecule has 0 aromatic carbocycles. The Hall–Kier alpha value is -0.120. The molecule has 0 saturated carbocycles. The minimum atomic E-state index is -0.0504. The van der Waals surface area contributed by atoms with Crippen LogP contribution in [0, 0.1) is 11.8 Å².